The topological polar surface area (TPSA) is 151 Å². The molecule has 5 aliphatic carbocycles. The average Bonchev–Trinajstić information content (AvgIpc) is 3.79. The number of aromatic hydroxyl groups is 1. The van der Waals surface area contributed by atoms with Crippen LogP contribution < -0.4 is 0 Å². The Hall–Kier alpha value is -2.07. The zero-order chi connectivity index (χ0) is 34.4. The van der Waals surface area contributed by atoms with Crippen LogP contribution in [0.25, 0.3) is 0 Å². The third-order valence-corrected chi connectivity index (χ3v) is 14.5. The van der Waals surface area contributed by atoms with Crippen LogP contribution >= 0.6 is 0 Å². The van der Waals surface area contributed by atoms with Gasteiger partial charge in [0.05, 0.1) is 23.9 Å². The van der Waals surface area contributed by atoms with Crippen molar-refractivity contribution in [2.24, 2.45) is 46.3 Å². The van der Waals surface area contributed by atoms with Gasteiger partial charge >= 0.3 is 0 Å². The Morgan fingerprint density at radius 1 is 1.00 bits per heavy atom. The van der Waals surface area contributed by atoms with E-state index in [0.29, 0.717) is 63.7 Å². The summed E-state index contributed by atoms with van der Waals surface area (Å²) >= 11 is 0. The second-order valence-corrected chi connectivity index (χ2v) is 17.1. The molecule has 13 atom stereocenters. The van der Waals surface area contributed by atoms with Crippen LogP contribution in [0.1, 0.15) is 90.2 Å². The van der Waals surface area contributed by atoms with E-state index in [1.54, 1.807) is 18.2 Å². The van der Waals surface area contributed by atoms with E-state index < -0.39 is 40.2 Å². The predicted molar refractivity (Wildman–Crippen MR) is 181 cm³/mol. The number of fused-ring (bicyclic) bond motifs is 4. The zero-order valence-corrected chi connectivity index (χ0v) is 29.0. The molecule has 1 heterocycles. The Morgan fingerprint density at radius 2 is 1.73 bits per heavy atom. The molecule has 1 aromatic carbocycles. The molecule has 0 spiro atoms. The van der Waals surface area contributed by atoms with Crippen molar-refractivity contribution in [2.45, 2.75) is 128 Å². The van der Waals surface area contributed by atoms with E-state index in [0.717, 1.165) is 16.7 Å². The minimum Gasteiger partial charge on any atom is -0.508 e. The molecule has 1 aliphatic heterocycles. The number of epoxide rings is 1. The second kappa shape index (κ2) is 12.0. The minimum atomic E-state index is -1.37. The van der Waals surface area contributed by atoms with Gasteiger partial charge in [0, 0.05) is 23.9 Å². The highest BCUT2D eigenvalue weighted by molar-refractivity contribution is 5.95. The summed E-state index contributed by atoms with van der Waals surface area (Å²) in [5.74, 6) is -0.232. The van der Waals surface area contributed by atoms with E-state index in [1.165, 1.54) is 0 Å². The van der Waals surface area contributed by atoms with E-state index in [4.69, 9.17) is 4.74 Å². The molecular formula is C40H56O8. The first-order valence-corrected chi connectivity index (χ1v) is 18.5. The molecule has 0 aromatic heterocycles. The molecule has 0 bridgehead atoms. The lowest BCUT2D eigenvalue weighted by molar-refractivity contribution is -0.182. The highest BCUT2D eigenvalue weighted by atomic mass is 16.6. The van der Waals surface area contributed by atoms with Crippen molar-refractivity contribution < 1.29 is 40.2 Å². The quantitative estimate of drug-likeness (QED) is 0.168. The Bertz CT molecular complexity index is 1490. The molecule has 3 saturated carbocycles. The third-order valence-electron chi connectivity index (χ3n) is 14.5. The maximum absolute atomic E-state index is 13.9. The fourth-order valence-corrected chi connectivity index (χ4v) is 11.7. The smallest absolute Gasteiger partial charge is 0.159 e. The van der Waals surface area contributed by atoms with Gasteiger partial charge in [-0.15, -0.1) is 0 Å². The zero-order valence-electron chi connectivity index (χ0n) is 29.0. The normalized spacial score (nSPS) is 45.2. The number of phenols is 1. The van der Waals surface area contributed by atoms with Crippen molar-refractivity contribution in [3.8, 4) is 5.75 Å². The van der Waals surface area contributed by atoms with Crippen molar-refractivity contribution in [3.05, 3.63) is 53.1 Å². The molecule has 1 aromatic rings. The van der Waals surface area contributed by atoms with E-state index in [2.05, 4.69) is 45.9 Å². The maximum atomic E-state index is 13.9. The molecule has 6 aliphatic rings. The predicted octanol–water partition coefficient (Wildman–Crippen LogP) is 4.41. The number of aliphatic hydroxyl groups excluding tert-OH is 3. The summed E-state index contributed by atoms with van der Waals surface area (Å²) in [6.45, 7) is 8.68. The highest BCUT2D eigenvalue weighted by Crippen LogP contribution is 2.73. The molecule has 0 radical (unpaired) electrons. The first kappa shape index (κ1) is 34.4. The minimum absolute atomic E-state index is 0.0625. The number of benzene rings is 1. The molecule has 264 valence electrons. The lowest BCUT2D eigenvalue weighted by atomic mass is 9.42. The number of allylic oxidation sites excluding steroid dienone is 2. The molecule has 0 unspecified atom stereocenters. The van der Waals surface area contributed by atoms with Crippen LogP contribution in [0.5, 0.6) is 5.75 Å². The number of ether oxygens (including phenoxy) is 1. The van der Waals surface area contributed by atoms with Crippen LogP contribution in [0, 0.1) is 46.3 Å². The number of aliphatic hydroxyl groups is 5. The van der Waals surface area contributed by atoms with Crippen molar-refractivity contribution in [1.82, 2.24) is 0 Å². The number of phenolic OH excluding ortho intramolecular Hbond substituents is 1. The Labute approximate surface area is 284 Å². The molecule has 8 heteroatoms. The molecular weight excluding hydrogens is 608 g/mol. The monoisotopic (exact) mass is 664 g/mol. The van der Waals surface area contributed by atoms with Crippen LogP contribution in [0.15, 0.2) is 42.0 Å². The second-order valence-electron chi connectivity index (χ2n) is 17.1. The first-order chi connectivity index (χ1) is 22.7. The summed E-state index contributed by atoms with van der Waals surface area (Å²) in [6, 6.07) is 5.59. The molecule has 8 nitrogen and oxygen atoms in total. The molecule has 1 saturated heterocycles. The van der Waals surface area contributed by atoms with Gasteiger partial charge in [0.2, 0.25) is 0 Å². The lowest BCUT2D eigenvalue weighted by Gasteiger charge is -2.63. The number of aryl methyl sites for hydroxylation is 2. The van der Waals surface area contributed by atoms with Crippen molar-refractivity contribution in [3.63, 3.8) is 0 Å². The third kappa shape index (κ3) is 5.03. The van der Waals surface area contributed by atoms with Crippen molar-refractivity contribution in [2.75, 3.05) is 6.61 Å². The summed E-state index contributed by atoms with van der Waals surface area (Å²) in [5.41, 5.74) is -1.35. The number of hydrogen-bond donors (Lipinski definition) is 6. The fourth-order valence-electron chi connectivity index (χ4n) is 11.7. The van der Waals surface area contributed by atoms with Gasteiger partial charge in [0.15, 0.2) is 5.78 Å². The highest BCUT2D eigenvalue weighted by Gasteiger charge is 2.75. The van der Waals surface area contributed by atoms with Crippen molar-refractivity contribution >= 4 is 5.78 Å². The Morgan fingerprint density at radius 3 is 2.44 bits per heavy atom. The summed E-state index contributed by atoms with van der Waals surface area (Å²) in [5, 5.41) is 67.9. The van der Waals surface area contributed by atoms with Crippen molar-refractivity contribution in [1.29, 1.82) is 0 Å². The number of hydrogen-bond acceptors (Lipinski definition) is 8. The standard InChI is InChI=1S/C40H56O8/c1-22(2)23(3)35-36(48-35)39(46)11-5-8-26-18-28-29(19-31(43)30-20-32(44)33(45)21-37(28,30)4)40(47)13-10-34(39)38(26,40)12-9-25-15-24(7-6-14-41)16-27(42)17-25/h5,8,15-17,19,22-23,26,28,30,32-36,41-42,44-47H,6-7,9-14,18,20-21H2,1-4H3/t23-,26+,28-,30-,32-,33+,34+,35-,36-,37-,38-,39+,40+/m1/s1. The summed E-state index contributed by atoms with van der Waals surface area (Å²) in [4.78, 5) is 13.9. The van der Waals surface area contributed by atoms with Gasteiger partial charge in [-0.1, -0.05) is 45.9 Å². The number of carbonyl (C=O) groups is 1. The van der Waals surface area contributed by atoms with Crippen LogP contribution in [0.4, 0.5) is 0 Å². The van der Waals surface area contributed by atoms with Crippen LogP contribution in [0.2, 0.25) is 0 Å². The summed E-state index contributed by atoms with van der Waals surface area (Å²) in [7, 11) is 0. The van der Waals surface area contributed by atoms with Gasteiger partial charge in [-0.3, -0.25) is 4.79 Å². The summed E-state index contributed by atoms with van der Waals surface area (Å²) in [6.07, 6.45) is 8.73. The van der Waals surface area contributed by atoms with E-state index in [-0.39, 0.29) is 60.4 Å². The Balaban J connectivity index is 1.33. The largest absolute Gasteiger partial charge is 0.508 e. The van der Waals surface area contributed by atoms with Gasteiger partial charge in [-0.05, 0) is 128 Å². The van der Waals surface area contributed by atoms with Gasteiger partial charge in [0.25, 0.3) is 0 Å². The van der Waals surface area contributed by atoms with Crippen LogP contribution in [-0.2, 0) is 22.4 Å². The number of ketones is 1. The van der Waals surface area contributed by atoms with E-state index in [9.17, 15) is 35.4 Å². The lowest BCUT2D eigenvalue weighted by Crippen LogP contribution is -2.66. The van der Waals surface area contributed by atoms with E-state index in [1.807, 2.05) is 0 Å². The van der Waals surface area contributed by atoms with Crippen LogP contribution in [-0.4, -0.2) is 78.6 Å². The Kier molecular flexibility index (Phi) is 8.61. The number of rotatable bonds is 9. The molecule has 4 fully saturated rings. The number of carbonyl (C=O) groups excluding carboxylic acids is 1. The molecule has 48 heavy (non-hydrogen) atoms. The van der Waals surface area contributed by atoms with Crippen LogP contribution in [0.3, 0.4) is 0 Å². The molecule has 6 N–H and O–H groups in total. The average molecular weight is 665 g/mol. The van der Waals surface area contributed by atoms with Gasteiger partial charge < -0.3 is 35.4 Å². The van der Waals surface area contributed by atoms with Gasteiger partial charge in [-0.25, -0.2) is 0 Å². The van der Waals surface area contributed by atoms with Gasteiger partial charge in [-0.2, -0.15) is 0 Å². The summed E-state index contributed by atoms with van der Waals surface area (Å²) < 4.78 is 6.37. The first-order valence-electron chi connectivity index (χ1n) is 18.5. The van der Waals surface area contributed by atoms with Gasteiger partial charge in [0.1, 0.15) is 17.5 Å². The molecule has 0 amide bonds. The fraction of sp³-hybridized carbons (Fsp3) is 0.725. The maximum Gasteiger partial charge on any atom is 0.159 e. The van der Waals surface area contributed by atoms with E-state index >= 15 is 0 Å². The molecule has 7 rings (SSSR count). The SMILES string of the molecule is CC(C)[C@@H](C)[C@H]1O[C@H]1[C@]1(O)CC=C[C@H]2C[C@@H]3C(=CC(=O)[C@H]4C[C@@H](O)[C@@H](O)C[C@@]43C)[C@@]3(O)CC[C@H]1[C@@]23CCc1cc(O)cc(CCCO)c1.